The molecule has 3 heterocycles. The van der Waals surface area contributed by atoms with Crippen molar-refractivity contribution in [2.45, 2.75) is 45.8 Å². The Labute approximate surface area is 125 Å². The number of hydrogen-bond donors (Lipinski definition) is 0. The van der Waals surface area contributed by atoms with Crippen molar-refractivity contribution >= 4 is 12.7 Å². The molecule has 0 aromatic carbocycles. The maximum Gasteiger partial charge on any atom is 0.516 e. The van der Waals surface area contributed by atoms with Gasteiger partial charge in [-0.3, -0.25) is 4.98 Å². The van der Waals surface area contributed by atoms with E-state index in [1.807, 2.05) is 57.5 Å². The van der Waals surface area contributed by atoms with Gasteiger partial charge in [0.1, 0.15) is 0 Å². The van der Waals surface area contributed by atoms with Crippen molar-refractivity contribution in [2.75, 3.05) is 0 Å². The molecular formula is C15H20BN3O2. The summed E-state index contributed by atoms with van der Waals surface area (Å²) in [5.74, 6) is 0. The van der Waals surface area contributed by atoms with Gasteiger partial charge >= 0.3 is 7.12 Å². The van der Waals surface area contributed by atoms with E-state index < -0.39 is 7.12 Å². The fraction of sp³-hybridized carbons (Fsp3) is 0.467. The van der Waals surface area contributed by atoms with Gasteiger partial charge in [-0.25, -0.2) is 4.98 Å². The zero-order chi connectivity index (χ0) is 15.3. The lowest BCUT2D eigenvalue weighted by Gasteiger charge is -2.32. The van der Waals surface area contributed by atoms with Gasteiger partial charge in [0.05, 0.1) is 23.1 Å². The van der Waals surface area contributed by atoms with Crippen molar-refractivity contribution in [1.29, 1.82) is 0 Å². The van der Waals surface area contributed by atoms with Gasteiger partial charge in [-0.15, -0.1) is 0 Å². The van der Waals surface area contributed by atoms with Crippen LogP contribution >= 0.6 is 0 Å². The topological polar surface area (TPSA) is 49.2 Å². The van der Waals surface area contributed by atoms with Gasteiger partial charge < -0.3 is 13.9 Å². The molecule has 5 nitrogen and oxygen atoms in total. The van der Waals surface area contributed by atoms with Crippen LogP contribution in [0.15, 0.2) is 30.9 Å². The smallest absolute Gasteiger partial charge is 0.398 e. The number of aromatic nitrogens is 3. The maximum absolute atomic E-state index is 6.01. The standard InChI is InChI=1S/C15H20BN3O2/c1-11-8-12(6-7-17-11)19-9-13(18-10-19)16-20-14(2,3)15(4,5)21-16/h6-10H,1-5H3. The third kappa shape index (κ3) is 2.49. The molecule has 0 N–H and O–H groups in total. The Morgan fingerprint density at radius 1 is 1.10 bits per heavy atom. The van der Waals surface area contributed by atoms with Crippen molar-refractivity contribution in [2.24, 2.45) is 0 Å². The van der Waals surface area contributed by atoms with Crippen molar-refractivity contribution in [3.8, 4) is 5.69 Å². The Hall–Kier alpha value is -1.66. The normalized spacial score (nSPS) is 20.0. The molecule has 21 heavy (non-hydrogen) atoms. The van der Waals surface area contributed by atoms with E-state index in [0.29, 0.717) is 0 Å². The molecule has 0 spiro atoms. The summed E-state index contributed by atoms with van der Waals surface area (Å²) in [4.78, 5) is 8.63. The second kappa shape index (κ2) is 4.68. The van der Waals surface area contributed by atoms with Crippen LogP contribution in [-0.2, 0) is 9.31 Å². The van der Waals surface area contributed by atoms with Gasteiger partial charge in [-0.2, -0.15) is 0 Å². The molecule has 6 heteroatoms. The highest BCUT2D eigenvalue weighted by Crippen LogP contribution is 2.36. The van der Waals surface area contributed by atoms with E-state index in [1.54, 1.807) is 12.5 Å². The van der Waals surface area contributed by atoms with E-state index in [9.17, 15) is 0 Å². The summed E-state index contributed by atoms with van der Waals surface area (Å²) in [6.07, 6.45) is 5.51. The Balaban J connectivity index is 1.87. The Bertz CT molecular complexity index is 650. The van der Waals surface area contributed by atoms with Crippen LogP contribution in [0.1, 0.15) is 33.4 Å². The van der Waals surface area contributed by atoms with Crippen LogP contribution in [0.5, 0.6) is 0 Å². The number of imidazole rings is 1. The Morgan fingerprint density at radius 3 is 2.38 bits per heavy atom. The van der Waals surface area contributed by atoms with E-state index in [0.717, 1.165) is 17.0 Å². The summed E-state index contributed by atoms with van der Waals surface area (Å²) < 4.78 is 14.0. The van der Waals surface area contributed by atoms with Crippen LogP contribution < -0.4 is 5.59 Å². The van der Waals surface area contributed by atoms with E-state index >= 15 is 0 Å². The van der Waals surface area contributed by atoms with Crippen molar-refractivity contribution in [3.05, 3.63) is 36.5 Å². The summed E-state index contributed by atoms with van der Waals surface area (Å²) in [5.41, 5.74) is 2.07. The molecule has 1 aliphatic heterocycles. The minimum Gasteiger partial charge on any atom is -0.398 e. The quantitative estimate of drug-likeness (QED) is 0.790. The van der Waals surface area contributed by atoms with E-state index in [2.05, 4.69) is 9.97 Å². The SMILES string of the molecule is Cc1cc(-n2cnc(B3OC(C)(C)C(C)(C)O3)c2)ccn1. The number of rotatable bonds is 2. The van der Waals surface area contributed by atoms with Crippen molar-refractivity contribution in [3.63, 3.8) is 0 Å². The minimum absolute atomic E-state index is 0.352. The number of pyridine rings is 1. The molecule has 0 atom stereocenters. The molecule has 0 aliphatic carbocycles. The minimum atomic E-state index is -0.431. The largest absolute Gasteiger partial charge is 0.516 e. The average Bonchev–Trinajstić information content (AvgIpc) is 2.93. The molecule has 0 bridgehead atoms. The fourth-order valence-electron chi connectivity index (χ4n) is 2.26. The van der Waals surface area contributed by atoms with E-state index in [-0.39, 0.29) is 11.2 Å². The van der Waals surface area contributed by atoms with Gasteiger partial charge in [0, 0.05) is 23.8 Å². The highest BCUT2D eigenvalue weighted by molar-refractivity contribution is 6.61. The van der Waals surface area contributed by atoms with Crippen LogP contribution in [0.4, 0.5) is 0 Å². The lowest BCUT2D eigenvalue weighted by atomic mass is 9.86. The van der Waals surface area contributed by atoms with Crippen LogP contribution in [0.3, 0.4) is 0 Å². The first-order chi connectivity index (χ1) is 9.78. The average molecular weight is 285 g/mol. The highest BCUT2D eigenvalue weighted by atomic mass is 16.7. The monoisotopic (exact) mass is 285 g/mol. The number of aryl methyl sites for hydroxylation is 1. The molecule has 3 rings (SSSR count). The van der Waals surface area contributed by atoms with Crippen LogP contribution in [0, 0.1) is 6.92 Å². The number of nitrogens with zero attached hydrogens (tertiary/aromatic N) is 3. The highest BCUT2D eigenvalue weighted by Gasteiger charge is 2.52. The van der Waals surface area contributed by atoms with Crippen LogP contribution in [0.25, 0.3) is 5.69 Å². The van der Waals surface area contributed by atoms with Crippen LogP contribution in [0.2, 0.25) is 0 Å². The maximum atomic E-state index is 6.01. The predicted octanol–water partition coefficient (Wildman–Crippen LogP) is 1.87. The predicted molar refractivity (Wildman–Crippen MR) is 81.8 cm³/mol. The summed E-state index contributed by atoms with van der Waals surface area (Å²) in [6, 6.07) is 3.96. The molecule has 1 aliphatic rings. The fourth-order valence-corrected chi connectivity index (χ4v) is 2.26. The molecular weight excluding hydrogens is 265 g/mol. The molecule has 0 saturated carbocycles. The first kappa shape index (κ1) is 14.3. The zero-order valence-corrected chi connectivity index (χ0v) is 13.1. The summed E-state index contributed by atoms with van der Waals surface area (Å²) in [7, 11) is -0.431. The van der Waals surface area contributed by atoms with E-state index in [4.69, 9.17) is 9.31 Å². The second-order valence-electron chi connectivity index (χ2n) is 6.45. The molecule has 2 aromatic rings. The van der Waals surface area contributed by atoms with Gasteiger partial charge in [-0.05, 0) is 46.8 Å². The second-order valence-corrected chi connectivity index (χ2v) is 6.45. The Morgan fingerprint density at radius 2 is 1.76 bits per heavy atom. The summed E-state index contributed by atoms with van der Waals surface area (Å²) >= 11 is 0. The summed E-state index contributed by atoms with van der Waals surface area (Å²) in [6.45, 7) is 10.1. The van der Waals surface area contributed by atoms with Crippen molar-refractivity contribution < 1.29 is 9.31 Å². The zero-order valence-electron chi connectivity index (χ0n) is 13.1. The van der Waals surface area contributed by atoms with Gasteiger partial charge in [0.15, 0.2) is 0 Å². The third-order valence-corrected chi connectivity index (χ3v) is 4.28. The third-order valence-electron chi connectivity index (χ3n) is 4.28. The first-order valence-corrected chi connectivity index (χ1v) is 7.11. The lowest BCUT2D eigenvalue weighted by Crippen LogP contribution is -2.41. The van der Waals surface area contributed by atoms with Crippen LogP contribution in [-0.4, -0.2) is 32.9 Å². The van der Waals surface area contributed by atoms with Gasteiger partial charge in [-0.1, -0.05) is 0 Å². The molecule has 0 radical (unpaired) electrons. The molecule has 1 fully saturated rings. The Kier molecular flexibility index (Phi) is 3.18. The number of hydrogen-bond acceptors (Lipinski definition) is 4. The molecule has 1 saturated heterocycles. The molecule has 2 aromatic heterocycles. The van der Waals surface area contributed by atoms with Gasteiger partial charge in [0.2, 0.25) is 0 Å². The van der Waals surface area contributed by atoms with E-state index in [1.165, 1.54) is 0 Å². The summed E-state index contributed by atoms with van der Waals surface area (Å²) in [5, 5.41) is 0. The first-order valence-electron chi connectivity index (χ1n) is 7.11. The lowest BCUT2D eigenvalue weighted by molar-refractivity contribution is 0.00578. The molecule has 0 unspecified atom stereocenters. The molecule has 0 amide bonds. The van der Waals surface area contributed by atoms with Gasteiger partial charge in [0.25, 0.3) is 0 Å². The van der Waals surface area contributed by atoms with Crippen molar-refractivity contribution in [1.82, 2.24) is 14.5 Å². The molecule has 110 valence electrons.